The second-order valence-corrected chi connectivity index (χ2v) is 7.36. The summed E-state index contributed by atoms with van der Waals surface area (Å²) in [5, 5.41) is 13.0. The lowest BCUT2D eigenvalue weighted by Crippen LogP contribution is -2.31. The lowest BCUT2D eigenvalue weighted by Gasteiger charge is -2.23. The van der Waals surface area contributed by atoms with Crippen molar-refractivity contribution in [3.8, 4) is 5.69 Å². The number of carbonyl (C=O) groups is 1. The summed E-state index contributed by atoms with van der Waals surface area (Å²) in [6.45, 7) is 0.772. The van der Waals surface area contributed by atoms with E-state index in [2.05, 4.69) is 15.3 Å². The van der Waals surface area contributed by atoms with E-state index in [1.807, 2.05) is 81.1 Å². The van der Waals surface area contributed by atoms with Crippen molar-refractivity contribution in [2.45, 2.75) is 31.7 Å². The number of aryl methyl sites for hydroxylation is 1. The van der Waals surface area contributed by atoms with Gasteiger partial charge in [-0.25, -0.2) is 4.68 Å². The number of rotatable bonds is 5. The third kappa shape index (κ3) is 3.40. The van der Waals surface area contributed by atoms with Gasteiger partial charge in [0.25, 0.3) is 0 Å². The molecule has 1 aromatic carbocycles. The number of hydrogen-bond acceptors (Lipinski definition) is 4. The number of likely N-dealkylation sites (tertiary alicyclic amines) is 1. The molecule has 1 aliphatic rings. The van der Waals surface area contributed by atoms with Crippen LogP contribution in [0.1, 0.15) is 36.7 Å². The molecule has 3 aromatic heterocycles. The minimum Gasteiger partial charge on any atom is -0.332 e. The van der Waals surface area contributed by atoms with E-state index in [-0.39, 0.29) is 11.9 Å². The first-order chi connectivity index (χ1) is 14.3. The molecule has 7 nitrogen and oxygen atoms in total. The van der Waals surface area contributed by atoms with E-state index in [4.69, 9.17) is 0 Å². The predicted octanol–water partition coefficient (Wildman–Crippen LogP) is 3.21. The summed E-state index contributed by atoms with van der Waals surface area (Å²) >= 11 is 0. The third-order valence-corrected chi connectivity index (χ3v) is 5.50. The molecule has 4 heterocycles. The lowest BCUT2D eigenvalue weighted by molar-refractivity contribution is -0.132. The average molecular weight is 386 g/mol. The highest BCUT2D eigenvalue weighted by atomic mass is 16.2. The molecule has 1 fully saturated rings. The summed E-state index contributed by atoms with van der Waals surface area (Å²) in [5.41, 5.74) is 2.89. The summed E-state index contributed by atoms with van der Waals surface area (Å²) in [6, 6.07) is 15.8. The van der Waals surface area contributed by atoms with E-state index in [0.29, 0.717) is 12.8 Å². The maximum absolute atomic E-state index is 13.0. The van der Waals surface area contributed by atoms with Gasteiger partial charge in [0.05, 0.1) is 17.9 Å². The maximum Gasteiger partial charge on any atom is 0.223 e. The number of hydrogen-bond donors (Lipinski definition) is 0. The molecule has 1 amide bonds. The van der Waals surface area contributed by atoms with Gasteiger partial charge in [0, 0.05) is 25.4 Å². The third-order valence-electron chi connectivity index (χ3n) is 5.50. The molecule has 0 saturated carbocycles. The average Bonchev–Trinajstić information content (AvgIpc) is 3.51. The van der Waals surface area contributed by atoms with Crippen LogP contribution in [0.4, 0.5) is 0 Å². The van der Waals surface area contributed by atoms with Crippen molar-refractivity contribution in [2.75, 3.05) is 6.54 Å². The Kier molecular flexibility index (Phi) is 4.56. The smallest absolute Gasteiger partial charge is 0.223 e. The van der Waals surface area contributed by atoms with Gasteiger partial charge in [-0.1, -0.05) is 24.3 Å². The molecular formula is C22H22N6O. The zero-order valence-corrected chi connectivity index (χ0v) is 16.1. The monoisotopic (exact) mass is 386 g/mol. The van der Waals surface area contributed by atoms with Crippen molar-refractivity contribution in [3.63, 3.8) is 0 Å². The van der Waals surface area contributed by atoms with Crippen molar-refractivity contribution in [3.05, 3.63) is 78.5 Å². The van der Waals surface area contributed by atoms with Gasteiger partial charge in [-0.2, -0.15) is 5.10 Å². The molecule has 0 unspecified atom stereocenters. The van der Waals surface area contributed by atoms with Gasteiger partial charge in [0.15, 0.2) is 11.5 Å². The number of nitrogens with zero attached hydrogens (tertiary/aromatic N) is 6. The minimum atomic E-state index is -0.00746. The van der Waals surface area contributed by atoms with Gasteiger partial charge in [-0.15, -0.1) is 10.2 Å². The summed E-state index contributed by atoms with van der Waals surface area (Å²) in [5.74, 6) is 1.01. The zero-order chi connectivity index (χ0) is 19.6. The molecule has 0 N–H and O–H groups in total. The Balaban J connectivity index is 1.28. The van der Waals surface area contributed by atoms with Crippen LogP contribution < -0.4 is 0 Å². The van der Waals surface area contributed by atoms with E-state index in [0.717, 1.165) is 42.1 Å². The molecule has 1 atom stereocenters. The molecule has 29 heavy (non-hydrogen) atoms. The summed E-state index contributed by atoms with van der Waals surface area (Å²) in [7, 11) is 0. The van der Waals surface area contributed by atoms with Crippen molar-refractivity contribution in [2.24, 2.45) is 0 Å². The predicted molar refractivity (Wildman–Crippen MR) is 109 cm³/mol. The van der Waals surface area contributed by atoms with Crippen LogP contribution in [0.25, 0.3) is 11.3 Å². The zero-order valence-electron chi connectivity index (χ0n) is 16.1. The van der Waals surface area contributed by atoms with Gasteiger partial charge < -0.3 is 4.90 Å². The van der Waals surface area contributed by atoms with Gasteiger partial charge in [0.1, 0.15) is 0 Å². The molecule has 0 spiro atoms. The standard InChI is InChI=1S/C22H22N6O/c29-21(12-11-17-15-23-28(16-17)18-7-2-1-3-8-18)26-14-6-9-19(26)22-25-24-20-10-4-5-13-27(20)22/h1-5,7-8,10,13,15-16,19H,6,9,11-12,14H2/t19-/m1/s1. The number of aromatic nitrogens is 5. The molecule has 5 rings (SSSR count). The van der Waals surface area contributed by atoms with Crippen LogP contribution in [0, 0.1) is 0 Å². The van der Waals surface area contributed by atoms with Crippen LogP contribution in [-0.2, 0) is 11.2 Å². The molecule has 1 saturated heterocycles. The first-order valence-electron chi connectivity index (χ1n) is 9.98. The van der Waals surface area contributed by atoms with Crippen LogP contribution >= 0.6 is 0 Å². The first kappa shape index (κ1) is 17.6. The fourth-order valence-corrected chi connectivity index (χ4v) is 4.03. The fourth-order valence-electron chi connectivity index (χ4n) is 4.03. The molecule has 0 radical (unpaired) electrons. The topological polar surface area (TPSA) is 68.3 Å². The highest BCUT2D eigenvalue weighted by Gasteiger charge is 2.32. The number of amides is 1. The molecule has 1 aliphatic heterocycles. The normalized spacial score (nSPS) is 16.6. The second-order valence-electron chi connectivity index (χ2n) is 7.36. The number of para-hydroxylation sites is 1. The first-order valence-corrected chi connectivity index (χ1v) is 9.98. The van der Waals surface area contributed by atoms with E-state index in [1.165, 1.54) is 0 Å². The van der Waals surface area contributed by atoms with Crippen molar-refractivity contribution >= 4 is 11.6 Å². The summed E-state index contributed by atoms with van der Waals surface area (Å²) < 4.78 is 3.83. The Hall–Kier alpha value is -3.48. The molecule has 146 valence electrons. The van der Waals surface area contributed by atoms with Gasteiger partial charge in [-0.3, -0.25) is 9.20 Å². The highest BCUT2D eigenvalue weighted by molar-refractivity contribution is 5.77. The van der Waals surface area contributed by atoms with E-state index < -0.39 is 0 Å². The number of carbonyl (C=O) groups excluding carboxylic acids is 1. The molecule has 0 bridgehead atoms. The van der Waals surface area contributed by atoms with E-state index >= 15 is 0 Å². The van der Waals surface area contributed by atoms with Crippen LogP contribution in [0.2, 0.25) is 0 Å². The van der Waals surface area contributed by atoms with Crippen LogP contribution in [0.5, 0.6) is 0 Å². The molecule has 4 aromatic rings. The second kappa shape index (κ2) is 7.50. The largest absolute Gasteiger partial charge is 0.332 e. The number of pyridine rings is 1. The molecular weight excluding hydrogens is 364 g/mol. The highest BCUT2D eigenvalue weighted by Crippen LogP contribution is 2.31. The quantitative estimate of drug-likeness (QED) is 0.528. The SMILES string of the molecule is O=C(CCc1cnn(-c2ccccc2)c1)N1CCC[C@@H]1c1nnc2ccccn12. The van der Waals surface area contributed by atoms with E-state index in [1.54, 1.807) is 0 Å². The Morgan fingerprint density at radius 3 is 2.83 bits per heavy atom. The lowest BCUT2D eigenvalue weighted by atomic mass is 10.1. The van der Waals surface area contributed by atoms with Gasteiger partial charge >= 0.3 is 0 Å². The van der Waals surface area contributed by atoms with Crippen LogP contribution in [0.3, 0.4) is 0 Å². The van der Waals surface area contributed by atoms with Crippen LogP contribution in [-0.4, -0.2) is 41.7 Å². The number of fused-ring (bicyclic) bond motifs is 1. The van der Waals surface area contributed by atoms with Crippen molar-refractivity contribution < 1.29 is 4.79 Å². The van der Waals surface area contributed by atoms with E-state index in [9.17, 15) is 4.79 Å². The molecule has 0 aliphatic carbocycles. The van der Waals surface area contributed by atoms with Crippen LogP contribution in [0.15, 0.2) is 67.1 Å². The Morgan fingerprint density at radius 2 is 1.93 bits per heavy atom. The Labute approximate surface area is 168 Å². The minimum absolute atomic E-state index is 0.00746. The molecule has 7 heteroatoms. The summed E-state index contributed by atoms with van der Waals surface area (Å²) in [4.78, 5) is 14.9. The summed E-state index contributed by atoms with van der Waals surface area (Å²) in [6.07, 6.45) is 8.86. The Bertz CT molecular complexity index is 1130. The van der Waals surface area contributed by atoms with Gasteiger partial charge in [-0.05, 0) is 49.1 Å². The van der Waals surface area contributed by atoms with Gasteiger partial charge in [0.2, 0.25) is 5.91 Å². The number of benzene rings is 1. The Morgan fingerprint density at radius 1 is 1.07 bits per heavy atom. The fraction of sp³-hybridized carbons (Fsp3) is 0.273. The van der Waals surface area contributed by atoms with Crippen molar-refractivity contribution in [1.29, 1.82) is 0 Å². The maximum atomic E-state index is 13.0. The van der Waals surface area contributed by atoms with Crippen molar-refractivity contribution in [1.82, 2.24) is 29.3 Å².